The second-order valence-electron chi connectivity index (χ2n) is 2.48. The maximum Gasteiger partial charge on any atom is 0.574 e. The van der Waals surface area contributed by atoms with Gasteiger partial charge in [0.25, 0.3) is 0 Å². The fraction of sp³-hybridized carbons (Fsp3) is 0.286. The first kappa shape index (κ1) is 12.5. The summed E-state index contributed by atoms with van der Waals surface area (Å²) >= 11 is 8.52. The maximum atomic E-state index is 11.9. The number of nitrogens with zero attached hydrogens (tertiary/aromatic N) is 1. The van der Waals surface area contributed by atoms with Crippen LogP contribution in [0.5, 0.6) is 5.88 Å². The summed E-state index contributed by atoms with van der Waals surface area (Å²) in [5, 5.41) is -0.238. The average molecular weight is 305 g/mol. The van der Waals surface area contributed by atoms with Crippen molar-refractivity contribution in [1.82, 2.24) is 4.98 Å². The fourth-order valence-electron chi connectivity index (χ4n) is 0.849. The van der Waals surface area contributed by atoms with Crippen LogP contribution < -0.4 is 10.5 Å². The van der Waals surface area contributed by atoms with E-state index >= 15 is 0 Å². The monoisotopic (exact) mass is 304 g/mol. The van der Waals surface area contributed by atoms with Crippen LogP contribution in [0.15, 0.2) is 10.7 Å². The Morgan fingerprint density at radius 3 is 2.60 bits per heavy atom. The number of hydrogen-bond acceptors (Lipinski definition) is 3. The maximum absolute atomic E-state index is 11.9. The summed E-state index contributed by atoms with van der Waals surface area (Å²) in [5.41, 5.74) is 5.60. The lowest BCUT2D eigenvalue weighted by atomic mass is 10.3. The van der Waals surface area contributed by atoms with E-state index in [9.17, 15) is 13.2 Å². The van der Waals surface area contributed by atoms with E-state index in [0.717, 1.165) is 0 Å². The molecule has 84 valence electrons. The number of alkyl halides is 3. The van der Waals surface area contributed by atoms with Gasteiger partial charge < -0.3 is 10.5 Å². The summed E-state index contributed by atoms with van der Waals surface area (Å²) in [4.78, 5) is 3.45. The van der Waals surface area contributed by atoms with Crippen LogP contribution in [0.25, 0.3) is 0 Å². The summed E-state index contributed by atoms with van der Waals surface area (Å²) in [7, 11) is 0. The van der Waals surface area contributed by atoms with Crippen molar-refractivity contribution < 1.29 is 17.9 Å². The Morgan fingerprint density at radius 1 is 1.53 bits per heavy atom. The summed E-state index contributed by atoms with van der Waals surface area (Å²) < 4.78 is 39.6. The van der Waals surface area contributed by atoms with Gasteiger partial charge in [-0.05, 0) is 27.6 Å². The first-order valence-corrected chi connectivity index (χ1v) is 4.81. The fourth-order valence-corrected chi connectivity index (χ4v) is 1.50. The van der Waals surface area contributed by atoms with E-state index in [1.54, 1.807) is 0 Å². The number of hydrogen-bond donors (Lipinski definition) is 1. The second-order valence-corrected chi connectivity index (χ2v) is 3.67. The van der Waals surface area contributed by atoms with E-state index in [2.05, 4.69) is 25.7 Å². The van der Waals surface area contributed by atoms with E-state index in [-0.39, 0.29) is 16.2 Å². The Balaban J connectivity index is 3.12. The lowest BCUT2D eigenvalue weighted by Crippen LogP contribution is -2.18. The normalized spacial score (nSPS) is 11.6. The van der Waals surface area contributed by atoms with Gasteiger partial charge in [-0.15, -0.1) is 13.2 Å². The van der Waals surface area contributed by atoms with Gasteiger partial charge in [0.2, 0.25) is 5.88 Å². The molecular formula is C7H5BrClF3N2O. The number of nitrogens with two attached hydrogens (primary N) is 1. The Hall–Kier alpha value is -0.530. The minimum Gasteiger partial charge on any atom is -0.386 e. The molecule has 0 aliphatic rings. The van der Waals surface area contributed by atoms with Crippen molar-refractivity contribution >= 4 is 27.5 Å². The molecule has 0 aliphatic heterocycles. The highest BCUT2D eigenvalue weighted by Gasteiger charge is 2.33. The van der Waals surface area contributed by atoms with Crippen molar-refractivity contribution in [2.75, 3.05) is 0 Å². The molecule has 0 radical (unpaired) electrons. The summed E-state index contributed by atoms with van der Waals surface area (Å²) in [5.74, 6) is -0.709. The van der Waals surface area contributed by atoms with Crippen LogP contribution in [0.2, 0.25) is 5.02 Å². The first-order valence-electron chi connectivity index (χ1n) is 3.64. The molecule has 2 N–H and O–H groups in total. The molecule has 0 aromatic carbocycles. The Bertz CT molecular complexity index is 372. The molecule has 8 heteroatoms. The standard InChI is InChI=1S/C7H5BrClF3N2O/c8-4-1-3(2-13)5(9)6(14-4)15-7(10,11)12/h1H,2,13H2. The summed E-state index contributed by atoms with van der Waals surface area (Å²) in [6.07, 6.45) is -4.83. The molecule has 3 nitrogen and oxygen atoms in total. The minimum absolute atomic E-state index is 0.00578. The van der Waals surface area contributed by atoms with Gasteiger partial charge in [0.05, 0.1) is 0 Å². The van der Waals surface area contributed by atoms with Crippen molar-refractivity contribution in [2.24, 2.45) is 5.73 Å². The zero-order valence-corrected chi connectivity index (χ0v) is 9.45. The first-order chi connectivity index (χ1) is 6.83. The van der Waals surface area contributed by atoms with Gasteiger partial charge in [0.15, 0.2) is 0 Å². The van der Waals surface area contributed by atoms with Gasteiger partial charge in [-0.25, -0.2) is 4.98 Å². The molecule has 0 saturated heterocycles. The van der Waals surface area contributed by atoms with E-state index < -0.39 is 12.2 Å². The van der Waals surface area contributed by atoms with Gasteiger partial charge in [-0.3, -0.25) is 0 Å². The molecule has 1 rings (SSSR count). The molecule has 1 aromatic heterocycles. The molecule has 0 spiro atoms. The van der Waals surface area contributed by atoms with Gasteiger partial charge in [0.1, 0.15) is 9.63 Å². The van der Waals surface area contributed by atoms with Crippen LogP contribution in [0.3, 0.4) is 0 Å². The summed E-state index contributed by atoms with van der Waals surface area (Å²) in [6.45, 7) is -0.00578. The van der Waals surface area contributed by atoms with Crippen LogP contribution in [0.1, 0.15) is 5.56 Å². The molecule has 1 aromatic rings. The van der Waals surface area contributed by atoms with E-state index in [1.165, 1.54) is 6.07 Å². The molecule has 0 amide bonds. The number of aromatic nitrogens is 1. The number of rotatable bonds is 2. The third kappa shape index (κ3) is 3.51. The van der Waals surface area contributed by atoms with Crippen LogP contribution in [-0.2, 0) is 6.54 Å². The molecule has 1 heterocycles. The molecule has 0 saturated carbocycles. The quantitative estimate of drug-likeness (QED) is 0.855. The van der Waals surface area contributed by atoms with Crippen molar-refractivity contribution in [3.05, 3.63) is 21.3 Å². The molecule has 0 aliphatic carbocycles. The summed E-state index contributed by atoms with van der Waals surface area (Å²) in [6, 6.07) is 1.42. The topological polar surface area (TPSA) is 48.1 Å². The lowest BCUT2D eigenvalue weighted by Gasteiger charge is -2.11. The van der Waals surface area contributed by atoms with Gasteiger partial charge in [-0.2, -0.15) is 0 Å². The van der Waals surface area contributed by atoms with Crippen molar-refractivity contribution in [1.29, 1.82) is 0 Å². The largest absolute Gasteiger partial charge is 0.574 e. The Kier molecular flexibility index (Phi) is 3.80. The Labute approximate surface area is 96.5 Å². The van der Waals surface area contributed by atoms with Crippen LogP contribution in [0.4, 0.5) is 13.2 Å². The van der Waals surface area contributed by atoms with Crippen LogP contribution in [0, 0.1) is 0 Å². The van der Waals surface area contributed by atoms with Gasteiger partial charge in [-0.1, -0.05) is 11.6 Å². The highest BCUT2D eigenvalue weighted by molar-refractivity contribution is 9.10. The van der Waals surface area contributed by atoms with Crippen molar-refractivity contribution in [3.8, 4) is 5.88 Å². The molecular weight excluding hydrogens is 300 g/mol. The third-order valence-electron chi connectivity index (χ3n) is 1.40. The molecule has 0 unspecified atom stereocenters. The highest BCUT2D eigenvalue weighted by Crippen LogP contribution is 2.32. The van der Waals surface area contributed by atoms with Crippen molar-refractivity contribution in [3.63, 3.8) is 0 Å². The van der Waals surface area contributed by atoms with E-state index in [1.807, 2.05) is 0 Å². The van der Waals surface area contributed by atoms with Crippen molar-refractivity contribution in [2.45, 2.75) is 12.9 Å². The van der Waals surface area contributed by atoms with E-state index in [0.29, 0.717) is 5.56 Å². The smallest absolute Gasteiger partial charge is 0.386 e. The molecule has 0 fully saturated rings. The average Bonchev–Trinajstić information content (AvgIpc) is 2.08. The van der Waals surface area contributed by atoms with Gasteiger partial charge >= 0.3 is 6.36 Å². The van der Waals surface area contributed by atoms with Gasteiger partial charge in [0, 0.05) is 6.54 Å². The zero-order valence-electron chi connectivity index (χ0n) is 7.11. The molecule has 0 bridgehead atoms. The minimum atomic E-state index is -4.83. The predicted molar refractivity (Wildman–Crippen MR) is 51.5 cm³/mol. The number of pyridine rings is 1. The predicted octanol–water partition coefficient (Wildman–Crippen LogP) is 2.85. The SMILES string of the molecule is NCc1cc(Br)nc(OC(F)(F)F)c1Cl. The lowest BCUT2D eigenvalue weighted by molar-refractivity contribution is -0.276. The van der Waals surface area contributed by atoms with Crippen LogP contribution >= 0.6 is 27.5 Å². The Morgan fingerprint density at radius 2 is 2.13 bits per heavy atom. The second kappa shape index (κ2) is 4.54. The number of halogens is 5. The molecule has 15 heavy (non-hydrogen) atoms. The third-order valence-corrected chi connectivity index (χ3v) is 2.21. The van der Waals surface area contributed by atoms with E-state index in [4.69, 9.17) is 17.3 Å². The van der Waals surface area contributed by atoms with Crippen LogP contribution in [-0.4, -0.2) is 11.3 Å². The zero-order chi connectivity index (χ0) is 11.6. The highest BCUT2D eigenvalue weighted by atomic mass is 79.9. The number of ether oxygens (including phenoxy) is 1. The molecule has 0 atom stereocenters.